The van der Waals surface area contributed by atoms with Crippen LogP contribution in [0, 0.1) is 5.92 Å². The lowest BCUT2D eigenvalue weighted by Crippen LogP contribution is -2.64. The fraction of sp³-hybridized carbons (Fsp3) is 0.533. The van der Waals surface area contributed by atoms with Crippen LogP contribution in [0.3, 0.4) is 0 Å². The van der Waals surface area contributed by atoms with Gasteiger partial charge in [0.15, 0.2) is 5.78 Å². The summed E-state index contributed by atoms with van der Waals surface area (Å²) in [5.41, 5.74) is -0.385. The zero-order valence-corrected chi connectivity index (χ0v) is 12.9. The Hall–Kier alpha value is -1.94. The first-order chi connectivity index (χ1) is 11.7. The Kier molecular flexibility index (Phi) is 4.74. The zero-order chi connectivity index (χ0) is 20.1. The maximum Gasteiger partial charge on any atom is 0.460 e. The molecule has 0 bridgehead atoms. The summed E-state index contributed by atoms with van der Waals surface area (Å²) < 4.78 is 123. The number of rotatable bonds is 4. The Labute approximate surface area is 140 Å². The third kappa shape index (κ3) is 2.71. The van der Waals surface area contributed by atoms with Gasteiger partial charge in [-0.25, -0.2) is 0 Å². The highest BCUT2D eigenvalue weighted by atomic mass is 19.4. The summed E-state index contributed by atoms with van der Waals surface area (Å²) in [4.78, 5) is 12.2. The molecule has 1 aliphatic rings. The van der Waals surface area contributed by atoms with Crippen molar-refractivity contribution in [1.29, 1.82) is 0 Å². The number of methoxy groups -OCH3 is 1. The van der Waals surface area contributed by atoms with Gasteiger partial charge < -0.3 is 4.74 Å². The van der Waals surface area contributed by atoms with Crippen LogP contribution in [0.1, 0.15) is 22.3 Å². The minimum Gasteiger partial charge on any atom is -0.496 e. The summed E-state index contributed by atoms with van der Waals surface area (Å²) in [6.07, 6.45) is -8.39. The molecule has 11 heteroatoms. The second kappa shape index (κ2) is 6.05. The number of ketones is 1. The highest BCUT2D eigenvalue weighted by molar-refractivity contribution is 6.01. The fourth-order valence-corrected chi connectivity index (χ4v) is 2.81. The molecule has 0 amide bonds. The minimum absolute atomic E-state index is 0.0880. The number of benzene rings is 1. The van der Waals surface area contributed by atoms with Crippen LogP contribution in [-0.4, -0.2) is 36.8 Å². The molecule has 0 saturated carbocycles. The summed E-state index contributed by atoms with van der Waals surface area (Å²) in [6.45, 7) is 0. The number of halogens is 9. The van der Waals surface area contributed by atoms with Crippen molar-refractivity contribution in [3.63, 3.8) is 0 Å². The molecule has 1 unspecified atom stereocenters. The van der Waals surface area contributed by atoms with E-state index in [0.717, 1.165) is 6.07 Å². The van der Waals surface area contributed by atoms with Gasteiger partial charge in [-0.3, -0.25) is 4.79 Å². The second-order valence-corrected chi connectivity index (χ2v) is 5.71. The molecule has 0 fully saturated rings. The molecular formula is C15H11F9O2. The van der Waals surface area contributed by atoms with E-state index in [1.165, 1.54) is 19.2 Å². The molecule has 1 aliphatic carbocycles. The van der Waals surface area contributed by atoms with Crippen LogP contribution in [0.25, 0.3) is 0 Å². The van der Waals surface area contributed by atoms with Gasteiger partial charge in [0, 0.05) is 11.1 Å². The number of hydrogen-bond acceptors (Lipinski definition) is 2. The van der Waals surface area contributed by atoms with E-state index in [2.05, 4.69) is 0 Å². The lowest BCUT2D eigenvalue weighted by atomic mass is 9.76. The van der Waals surface area contributed by atoms with Crippen molar-refractivity contribution in [3.8, 4) is 5.75 Å². The highest BCUT2D eigenvalue weighted by Crippen LogP contribution is 2.56. The van der Waals surface area contributed by atoms with Gasteiger partial charge in [0.2, 0.25) is 0 Å². The number of hydrogen-bond donors (Lipinski definition) is 0. The molecule has 1 aromatic rings. The number of carbonyl (C=O) groups is 1. The summed E-state index contributed by atoms with van der Waals surface area (Å²) >= 11 is 0. The second-order valence-electron chi connectivity index (χ2n) is 5.71. The lowest BCUT2D eigenvalue weighted by Gasteiger charge is -2.38. The van der Waals surface area contributed by atoms with Crippen LogP contribution in [-0.2, 0) is 6.42 Å². The summed E-state index contributed by atoms with van der Waals surface area (Å²) in [5, 5.41) is 0. The Morgan fingerprint density at radius 2 is 1.54 bits per heavy atom. The molecule has 0 aromatic heterocycles. The molecule has 0 heterocycles. The van der Waals surface area contributed by atoms with Crippen molar-refractivity contribution in [2.45, 2.75) is 36.8 Å². The maximum absolute atomic E-state index is 14.1. The zero-order valence-electron chi connectivity index (χ0n) is 12.9. The van der Waals surface area contributed by atoms with Crippen LogP contribution in [0.2, 0.25) is 0 Å². The molecule has 0 aliphatic heterocycles. The Balaban J connectivity index is 2.49. The topological polar surface area (TPSA) is 26.3 Å². The van der Waals surface area contributed by atoms with Crippen LogP contribution >= 0.6 is 0 Å². The smallest absolute Gasteiger partial charge is 0.460 e. The van der Waals surface area contributed by atoms with Gasteiger partial charge in [0.25, 0.3) is 0 Å². The molecule has 1 atom stereocenters. The van der Waals surface area contributed by atoms with Gasteiger partial charge in [-0.2, -0.15) is 39.5 Å². The van der Waals surface area contributed by atoms with E-state index in [-0.39, 0.29) is 11.3 Å². The molecule has 2 rings (SSSR count). The quantitative estimate of drug-likeness (QED) is 0.679. The van der Waals surface area contributed by atoms with Crippen molar-refractivity contribution in [2.75, 3.05) is 7.11 Å². The molecule has 0 saturated heterocycles. The first-order valence-corrected chi connectivity index (χ1v) is 7.10. The summed E-state index contributed by atoms with van der Waals surface area (Å²) in [5.74, 6) is -24.3. The standard InChI is InChI=1S/C15H11F9O2/c1-26-10-4-2-3-8-7(10)5-6-9(11(8)25)12(16,17)13(18,19)14(20,21)15(22,23)24/h2-4,9H,5-6H2,1H3. The molecule has 0 N–H and O–H groups in total. The van der Waals surface area contributed by atoms with Gasteiger partial charge in [0.05, 0.1) is 13.0 Å². The average Bonchev–Trinajstić information content (AvgIpc) is 2.53. The van der Waals surface area contributed by atoms with Crippen LogP contribution in [0.15, 0.2) is 18.2 Å². The minimum atomic E-state index is -7.02. The predicted octanol–water partition coefficient (Wildman–Crippen LogP) is 4.91. The summed E-state index contributed by atoms with van der Waals surface area (Å²) in [6, 6.07) is 3.53. The van der Waals surface area contributed by atoms with Crippen LogP contribution < -0.4 is 4.74 Å². The van der Waals surface area contributed by atoms with Crippen molar-refractivity contribution in [2.24, 2.45) is 5.92 Å². The van der Waals surface area contributed by atoms with E-state index in [1.807, 2.05) is 0 Å². The fourth-order valence-electron chi connectivity index (χ4n) is 2.81. The number of ether oxygens (including phenoxy) is 1. The van der Waals surface area contributed by atoms with Gasteiger partial charge in [-0.05, 0) is 18.9 Å². The third-order valence-electron chi connectivity index (χ3n) is 4.22. The van der Waals surface area contributed by atoms with Gasteiger partial charge in [0.1, 0.15) is 5.75 Å². The van der Waals surface area contributed by atoms with E-state index < -0.39 is 54.1 Å². The van der Waals surface area contributed by atoms with E-state index >= 15 is 0 Å². The number of fused-ring (bicyclic) bond motifs is 1. The summed E-state index contributed by atoms with van der Waals surface area (Å²) in [7, 11) is 1.19. The highest BCUT2D eigenvalue weighted by Gasteiger charge is 2.83. The SMILES string of the molecule is COc1cccc2c1CCC(C(F)(F)C(F)(F)C(F)(F)C(F)(F)F)C2=O. The predicted molar refractivity (Wildman–Crippen MR) is 70.0 cm³/mol. The molecule has 0 spiro atoms. The number of alkyl halides is 9. The maximum atomic E-state index is 14.1. The van der Waals surface area contributed by atoms with Crippen molar-refractivity contribution in [3.05, 3.63) is 29.3 Å². The lowest BCUT2D eigenvalue weighted by molar-refractivity contribution is -0.400. The first kappa shape index (κ1) is 20.4. The average molecular weight is 394 g/mol. The molecule has 146 valence electrons. The number of Topliss-reactive ketones (excluding diaryl/α,β-unsaturated/α-hetero) is 1. The molecule has 0 radical (unpaired) electrons. The van der Waals surface area contributed by atoms with Gasteiger partial charge in [-0.1, -0.05) is 12.1 Å². The van der Waals surface area contributed by atoms with E-state index in [4.69, 9.17) is 4.74 Å². The number of carbonyl (C=O) groups excluding carboxylic acids is 1. The normalized spacial score (nSPS) is 19.3. The van der Waals surface area contributed by atoms with Crippen LogP contribution in [0.4, 0.5) is 39.5 Å². The molecular weight excluding hydrogens is 383 g/mol. The Morgan fingerprint density at radius 3 is 2.04 bits per heavy atom. The van der Waals surface area contributed by atoms with Crippen molar-refractivity contribution >= 4 is 5.78 Å². The molecule has 26 heavy (non-hydrogen) atoms. The monoisotopic (exact) mass is 394 g/mol. The Bertz CT molecular complexity index is 710. The molecule has 2 nitrogen and oxygen atoms in total. The van der Waals surface area contributed by atoms with Gasteiger partial charge in [-0.15, -0.1) is 0 Å². The van der Waals surface area contributed by atoms with Crippen molar-refractivity contribution in [1.82, 2.24) is 0 Å². The van der Waals surface area contributed by atoms with Crippen molar-refractivity contribution < 1.29 is 49.0 Å². The Morgan fingerprint density at radius 1 is 0.962 bits per heavy atom. The first-order valence-electron chi connectivity index (χ1n) is 7.10. The molecule has 1 aromatic carbocycles. The van der Waals surface area contributed by atoms with E-state index in [1.54, 1.807) is 0 Å². The van der Waals surface area contributed by atoms with Gasteiger partial charge >= 0.3 is 23.9 Å². The third-order valence-corrected chi connectivity index (χ3v) is 4.22. The largest absolute Gasteiger partial charge is 0.496 e. The van der Waals surface area contributed by atoms with Crippen LogP contribution in [0.5, 0.6) is 5.75 Å². The van der Waals surface area contributed by atoms with E-state index in [9.17, 15) is 44.3 Å². The van der Waals surface area contributed by atoms with E-state index in [0.29, 0.717) is 0 Å².